The van der Waals surface area contributed by atoms with Gasteiger partial charge in [-0.05, 0) is 25.3 Å². The Labute approximate surface area is 78.4 Å². The van der Waals surface area contributed by atoms with E-state index in [1.807, 2.05) is 11.8 Å². The molecular weight excluding hydrogens is 170 g/mol. The van der Waals surface area contributed by atoms with Gasteiger partial charge in [-0.2, -0.15) is 11.8 Å². The summed E-state index contributed by atoms with van der Waals surface area (Å²) < 4.78 is 5.31. The third-order valence-corrected chi connectivity index (χ3v) is 3.95. The summed E-state index contributed by atoms with van der Waals surface area (Å²) in [4.78, 5) is 0. The van der Waals surface area contributed by atoms with Gasteiger partial charge in [-0.25, -0.2) is 0 Å². The van der Waals surface area contributed by atoms with Crippen molar-refractivity contribution in [3.63, 3.8) is 0 Å². The minimum atomic E-state index is 0.817. The number of ether oxygens (including phenoxy) is 1. The number of hydrogen-bond acceptors (Lipinski definition) is 3. The molecule has 0 radical (unpaired) electrons. The predicted octanol–water partition coefficient (Wildman–Crippen LogP) is 1.12. The van der Waals surface area contributed by atoms with Gasteiger partial charge in [-0.3, -0.25) is 0 Å². The molecule has 2 aliphatic rings. The normalized spacial score (nSPS) is 27.0. The standard InChI is InChI=1S/C9H17NOS/c1-3-11-4-2-8(1)5-10-9-6-12-7-9/h8-10H,1-7H2. The van der Waals surface area contributed by atoms with Crippen LogP contribution in [0.3, 0.4) is 0 Å². The molecule has 0 bridgehead atoms. The van der Waals surface area contributed by atoms with Crippen LogP contribution in [0.5, 0.6) is 0 Å². The molecule has 0 aromatic carbocycles. The maximum absolute atomic E-state index is 5.31. The average molecular weight is 187 g/mol. The number of nitrogens with one attached hydrogen (secondary N) is 1. The van der Waals surface area contributed by atoms with Crippen molar-refractivity contribution in [2.75, 3.05) is 31.3 Å². The Kier molecular flexibility index (Phi) is 3.31. The largest absolute Gasteiger partial charge is 0.381 e. The van der Waals surface area contributed by atoms with Crippen molar-refractivity contribution in [2.45, 2.75) is 18.9 Å². The molecular formula is C9H17NOS. The summed E-state index contributed by atoms with van der Waals surface area (Å²) in [6.45, 7) is 3.17. The molecule has 2 saturated heterocycles. The smallest absolute Gasteiger partial charge is 0.0469 e. The van der Waals surface area contributed by atoms with E-state index in [1.54, 1.807) is 0 Å². The van der Waals surface area contributed by atoms with E-state index in [0.29, 0.717) is 0 Å². The molecule has 2 rings (SSSR count). The van der Waals surface area contributed by atoms with Crippen molar-refractivity contribution < 1.29 is 4.74 Å². The lowest BCUT2D eigenvalue weighted by atomic mass is 10.0. The van der Waals surface area contributed by atoms with Gasteiger partial charge in [0.1, 0.15) is 0 Å². The number of thioether (sulfide) groups is 1. The first-order valence-corrected chi connectivity index (χ1v) is 5.99. The summed E-state index contributed by atoms with van der Waals surface area (Å²) in [5, 5.41) is 3.61. The summed E-state index contributed by atoms with van der Waals surface area (Å²) >= 11 is 2.04. The molecule has 0 unspecified atom stereocenters. The second-order valence-electron chi connectivity index (χ2n) is 3.70. The zero-order chi connectivity index (χ0) is 8.23. The van der Waals surface area contributed by atoms with Gasteiger partial charge in [0.2, 0.25) is 0 Å². The minimum Gasteiger partial charge on any atom is -0.381 e. The Morgan fingerprint density at radius 3 is 2.58 bits per heavy atom. The first-order valence-electron chi connectivity index (χ1n) is 4.84. The van der Waals surface area contributed by atoms with E-state index in [-0.39, 0.29) is 0 Å². The minimum absolute atomic E-state index is 0.817. The lowest BCUT2D eigenvalue weighted by molar-refractivity contribution is 0.0657. The molecule has 2 aliphatic heterocycles. The molecule has 0 saturated carbocycles. The predicted molar refractivity (Wildman–Crippen MR) is 52.7 cm³/mol. The van der Waals surface area contributed by atoms with Crippen molar-refractivity contribution >= 4 is 11.8 Å². The van der Waals surface area contributed by atoms with Gasteiger partial charge in [0.15, 0.2) is 0 Å². The summed E-state index contributed by atoms with van der Waals surface area (Å²) in [6, 6.07) is 0.817. The number of hydrogen-bond donors (Lipinski definition) is 1. The molecule has 0 amide bonds. The Balaban J connectivity index is 1.58. The van der Waals surface area contributed by atoms with E-state index in [9.17, 15) is 0 Å². The van der Waals surface area contributed by atoms with Gasteiger partial charge >= 0.3 is 0 Å². The van der Waals surface area contributed by atoms with Crippen LogP contribution in [0, 0.1) is 5.92 Å². The molecule has 0 atom stereocenters. The molecule has 1 N–H and O–H groups in total. The fourth-order valence-corrected chi connectivity index (χ4v) is 2.34. The van der Waals surface area contributed by atoms with Gasteiger partial charge < -0.3 is 10.1 Å². The third-order valence-electron chi connectivity index (χ3n) is 2.67. The van der Waals surface area contributed by atoms with Crippen molar-refractivity contribution in [1.29, 1.82) is 0 Å². The quantitative estimate of drug-likeness (QED) is 0.715. The van der Waals surface area contributed by atoms with Crippen molar-refractivity contribution in [3.8, 4) is 0 Å². The second kappa shape index (κ2) is 4.49. The first-order chi connectivity index (χ1) is 5.95. The Bertz CT molecular complexity index is 132. The topological polar surface area (TPSA) is 21.3 Å². The Morgan fingerprint density at radius 1 is 1.25 bits per heavy atom. The van der Waals surface area contributed by atoms with Crippen LogP contribution in [0.1, 0.15) is 12.8 Å². The van der Waals surface area contributed by atoms with Crippen LogP contribution < -0.4 is 5.32 Å². The van der Waals surface area contributed by atoms with E-state index in [1.165, 1.54) is 30.9 Å². The fraction of sp³-hybridized carbons (Fsp3) is 1.00. The van der Waals surface area contributed by atoms with Crippen LogP contribution in [0.4, 0.5) is 0 Å². The summed E-state index contributed by atoms with van der Waals surface area (Å²) in [6.07, 6.45) is 2.51. The molecule has 3 heteroatoms. The molecule has 2 heterocycles. The van der Waals surface area contributed by atoms with E-state index in [2.05, 4.69) is 5.32 Å². The Hall–Kier alpha value is 0.270. The van der Waals surface area contributed by atoms with Crippen LogP contribution in [-0.4, -0.2) is 37.3 Å². The lowest BCUT2D eigenvalue weighted by Gasteiger charge is -2.29. The van der Waals surface area contributed by atoms with Gasteiger partial charge in [-0.1, -0.05) is 0 Å². The van der Waals surface area contributed by atoms with Crippen LogP contribution in [0.15, 0.2) is 0 Å². The highest BCUT2D eigenvalue weighted by molar-refractivity contribution is 8.00. The molecule has 70 valence electrons. The van der Waals surface area contributed by atoms with Crippen LogP contribution >= 0.6 is 11.8 Å². The molecule has 0 aromatic heterocycles. The van der Waals surface area contributed by atoms with E-state index in [0.717, 1.165) is 25.2 Å². The van der Waals surface area contributed by atoms with Crippen LogP contribution in [0.25, 0.3) is 0 Å². The maximum atomic E-state index is 5.31. The first kappa shape index (κ1) is 8.85. The van der Waals surface area contributed by atoms with Crippen molar-refractivity contribution in [2.24, 2.45) is 5.92 Å². The summed E-state index contributed by atoms with van der Waals surface area (Å²) in [5.74, 6) is 3.52. The van der Waals surface area contributed by atoms with E-state index >= 15 is 0 Å². The molecule has 2 nitrogen and oxygen atoms in total. The van der Waals surface area contributed by atoms with Crippen LogP contribution in [-0.2, 0) is 4.74 Å². The third kappa shape index (κ3) is 2.38. The molecule has 0 spiro atoms. The molecule has 0 aliphatic carbocycles. The van der Waals surface area contributed by atoms with Gasteiger partial charge in [0.25, 0.3) is 0 Å². The highest BCUT2D eigenvalue weighted by atomic mass is 32.2. The molecule has 2 fully saturated rings. The Morgan fingerprint density at radius 2 is 2.00 bits per heavy atom. The van der Waals surface area contributed by atoms with E-state index < -0.39 is 0 Å². The van der Waals surface area contributed by atoms with Gasteiger partial charge in [0, 0.05) is 30.8 Å². The van der Waals surface area contributed by atoms with Crippen LogP contribution in [0.2, 0.25) is 0 Å². The zero-order valence-electron chi connectivity index (χ0n) is 7.42. The zero-order valence-corrected chi connectivity index (χ0v) is 8.24. The summed E-state index contributed by atoms with van der Waals surface area (Å²) in [7, 11) is 0. The molecule has 0 aromatic rings. The van der Waals surface area contributed by atoms with E-state index in [4.69, 9.17) is 4.74 Å². The lowest BCUT2D eigenvalue weighted by Crippen LogP contribution is -2.43. The maximum Gasteiger partial charge on any atom is 0.0469 e. The highest BCUT2D eigenvalue weighted by Gasteiger charge is 2.20. The second-order valence-corrected chi connectivity index (χ2v) is 4.77. The fourth-order valence-electron chi connectivity index (χ4n) is 1.64. The average Bonchev–Trinajstić information content (AvgIpc) is 2.04. The van der Waals surface area contributed by atoms with Gasteiger partial charge in [0.05, 0.1) is 0 Å². The molecule has 12 heavy (non-hydrogen) atoms. The van der Waals surface area contributed by atoms with Gasteiger partial charge in [-0.15, -0.1) is 0 Å². The van der Waals surface area contributed by atoms with Crippen molar-refractivity contribution in [3.05, 3.63) is 0 Å². The van der Waals surface area contributed by atoms with Crippen molar-refractivity contribution in [1.82, 2.24) is 5.32 Å². The number of rotatable bonds is 3. The SMILES string of the molecule is C1CC(CNC2CSC2)CCO1. The summed E-state index contributed by atoms with van der Waals surface area (Å²) in [5.41, 5.74) is 0. The monoisotopic (exact) mass is 187 g/mol. The highest BCUT2D eigenvalue weighted by Crippen LogP contribution is 2.19.